The van der Waals surface area contributed by atoms with Crippen molar-refractivity contribution >= 4 is 32.8 Å². The molecule has 1 aromatic carbocycles. The van der Waals surface area contributed by atoms with E-state index in [0.29, 0.717) is 37.3 Å². The molecule has 26 heavy (non-hydrogen) atoms. The molecule has 2 unspecified atom stereocenters. The zero-order valence-electron chi connectivity index (χ0n) is 14.5. The molecular formula is C17H22N2O5S2. The summed E-state index contributed by atoms with van der Waals surface area (Å²) in [5.41, 5.74) is 0. The summed E-state index contributed by atoms with van der Waals surface area (Å²) in [5, 5.41) is 2.76. The molecule has 2 heterocycles. The molecule has 0 spiro atoms. The minimum atomic E-state index is -3.66. The Morgan fingerprint density at radius 2 is 2.00 bits per heavy atom. The van der Waals surface area contributed by atoms with E-state index in [1.165, 1.54) is 35.3 Å². The summed E-state index contributed by atoms with van der Waals surface area (Å²) in [6.45, 7) is 0.518. The van der Waals surface area contributed by atoms with Crippen molar-refractivity contribution in [3.8, 4) is 5.75 Å². The zero-order valence-corrected chi connectivity index (χ0v) is 16.1. The average molecular weight is 399 g/mol. The van der Waals surface area contributed by atoms with Gasteiger partial charge in [0.1, 0.15) is 5.75 Å². The first-order valence-corrected chi connectivity index (χ1v) is 11.0. The van der Waals surface area contributed by atoms with Crippen molar-refractivity contribution in [3.63, 3.8) is 0 Å². The average Bonchev–Trinajstić information content (AvgIpc) is 3.06. The molecule has 0 bridgehead atoms. The van der Waals surface area contributed by atoms with Crippen molar-refractivity contribution < 1.29 is 22.7 Å². The van der Waals surface area contributed by atoms with Gasteiger partial charge in [-0.25, -0.2) is 8.42 Å². The van der Waals surface area contributed by atoms with Crippen LogP contribution in [-0.4, -0.2) is 55.7 Å². The van der Waals surface area contributed by atoms with Gasteiger partial charge in [0.05, 0.1) is 24.0 Å². The van der Waals surface area contributed by atoms with Gasteiger partial charge in [0.25, 0.3) is 0 Å². The van der Waals surface area contributed by atoms with Crippen LogP contribution >= 0.6 is 11.8 Å². The van der Waals surface area contributed by atoms with E-state index in [9.17, 15) is 18.0 Å². The summed E-state index contributed by atoms with van der Waals surface area (Å²) < 4.78 is 32.1. The Hall–Kier alpha value is -1.58. The maximum absolute atomic E-state index is 12.8. The van der Waals surface area contributed by atoms with E-state index >= 15 is 0 Å². The van der Waals surface area contributed by atoms with Gasteiger partial charge in [-0.2, -0.15) is 4.31 Å². The number of amides is 1. The Morgan fingerprint density at radius 1 is 1.27 bits per heavy atom. The molecule has 0 radical (unpaired) electrons. The second-order valence-corrected chi connectivity index (χ2v) is 9.43. The summed E-state index contributed by atoms with van der Waals surface area (Å²) >= 11 is 1.23. The number of carbonyl (C=O) groups is 2. The number of carbonyl (C=O) groups excluding carboxylic acids is 2. The van der Waals surface area contributed by atoms with Crippen molar-refractivity contribution in [2.45, 2.75) is 30.2 Å². The SMILES string of the molecule is COc1ccc(S(=O)(=O)N2CCCC(C(=O)NC3CCSC3=O)C2)cc1. The Labute approximate surface area is 157 Å². The number of nitrogens with one attached hydrogen (secondary N) is 1. The molecule has 2 atom stereocenters. The molecule has 0 aliphatic carbocycles. The lowest BCUT2D eigenvalue weighted by molar-refractivity contribution is -0.128. The predicted molar refractivity (Wildman–Crippen MR) is 98.5 cm³/mol. The van der Waals surface area contributed by atoms with Crippen LogP contribution in [0, 0.1) is 5.92 Å². The molecule has 9 heteroatoms. The predicted octanol–water partition coefficient (Wildman–Crippen LogP) is 1.24. The number of piperidine rings is 1. The van der Waals surface area contributed by atoms with Crippen LogP contribution in [0.1, 0.15) is 19.3 Å². The Balaban J connectivity index is 1.68. The molecule has 7 nitrogen and oxygen atoms in total. The smallest absolute Gasteiger partial charge is 0.243 e. The van der Waals surface area contributed by atoms with Crippen molar-refractivity contribution in [2.24, 2.45) is 5.92 Å². The summed E-state index contributed by atoms with van der Waals surface area (Å²) in [7, 11) is -2.15. The minimum Gasteiger partial charge on any atom is -0.497 e. The number of rotatable bonds is 5. The Bertz CT molecular complexity index is 779. The lowest BCUT2D eigenvalue weighted by Gasteiger charge is -2.31. The molecule has 3 rings (SSSR count). The van der Waals surface area contributed by atoms with Crippen LogP contribution in [-0.2, 0) is 19.6 Å². The molecule has 1 aromatic rings. The van der Waals surface area contributed by atoms with Gasteiger partial charge in [-0.3, -0.25) is 9.59 Å². The highest BCUT2D eigenvalue weighted by molar-refractivity contribution is 8.14. The van der Waals surface area contributed by atoms with E-state index in [1.54, 1.807) is 12.1 Å². The molecule has 0 aromatic heterocycles. The first-order chi connectivity index (χ1) is 12.4. The third-order valence-electron chi connectivity index (χ3n) is 4.70. The molecule has 142 valence electrons. The molecule has 1 amide bonds. The number of thioether (sulfide) groups is 1. The van der Waals surface area contributed by atoms with E-state index in [2.05, 4.69) is 5.32 Å². The quantitative estimate of drug-likeness (QED) is 0.802. The van der Waals surface area contributed by atoms with E-state index in [1.807, 2.05) is 0 Å². The fourth-order valence-corrected chi connectivity index (χ4v) is 5.64. The van der Waals surface area contributed by atoms with E-state index in [4.69, 9.17) is 4.74 Å². The number of methoxy groups -OCH3 is 1. The van der Waals surface area contributed by atoms with Gasteiger partial charge in [0.15, 0.2) is 0 Å². The third-order valence-corrected chi connectivity index (χ3v) is 7.59. The van der Waals surface area contributed by atoms with Crippen LogP contribution in [0.4, 0.5) is 0 Å². The molecule has 2 fully saturated rings. The maximum Gasteiger partial charge on any atom is 0.243 e. The topological polar surface area (TPSA) is 92.8 Å². The second kappa shape index (κ2) is 7.98. The highest BCUT2D eigenvalue weighted by Crippen LogP contribution is 2.26. The highest BCUT2D eigenvalue weighted by atomic mass is 32.2. The first-order valence-electron chi connectivity index (χ1n) is 8.53. The van der Waals surface area contributed by atoms with Gasteiger partial charge in [-0.15, -0.1) is 0 Å². The van der Waals surface area contributed by atoms with Gasteiger partial charge < -0.3 is 10.1 Å². The summed E-state index contributed by atoms with van der Waals surface area (Å²) in [6.07, 6.45) is 1.87. The van der Waals surface area contributed by atoms with E-state index in [0.717, 1.165) is 0 Å². The number of sulfonamides is 1. The molecular weight excluding hydrogens is 376 g/mol. The van der Waals surface area contributed by atoms with Gasteiger partial charge in [0.2, 0.25) is 21.0 Å². The van der Waals surface area contributed by atoms with Crippen LogP contribution < -0.4 is 10.1 Å². The third kappa shape index (κ3) is 4.05. The van der Waals surface area contributed by atoms with Crippen LogP contribution in [0.25, 0.3) is 0 Å². The van der Waals surface area contributed by atoms with Crippen LogP contribution in [0.2, 0.25) is 0 Å². The number of hydrogen-bond donors (Lipinski definition) is 1. The number of nitrogens with zero attached hydrogens (tertiary/aromatic N) is 1. The zero-order chi connectivity index (χ0) is 18.7. The molecule has 1 N–H and O–H groups in total. The fraction of sp³-hybridized carbons (Fsp3) is 0.529. The lowest BCUT2D eigenvalue weighted by Crippen LogP contribution is -2.48. The molecule has 2 aliphatic rings. The molecule has 0 saturated carbocycles. The van der Waals surface area contributed by atoms with Crippen molar-refractivity contribution in [2.75, 3.05) is 26.0 Å². The Kier molecular flexibility index (Phi) is 5.89. The lowest BCUT2D eigenvalue weighted by atomic mass is 9.98. The van der Waals surface area contributed by atoms with Crippen LogP contribution in [0.15, 0.2) is 29.2 Å². The second-order valence-electron chi connectivity index (χ2n) is 6.40. The van der Waals surface area contributed by atoms with Gasteiger partial charge >= 0.3 is 0 Å². The standard InChI is InChI=1S/C17H22N2O5S2/c1-24-13-4-6-14(7-5-13)26(22,23)19-9-2-3-12(11-19)16(20)18-15-8-10-25-17(15)21/h4-7,12,15H,2-3,8-11H2,1H3,(H,18,20). The maximum atomic E-state index is 12.8. The fourth-order valence-electron chi connectivity index (χ4n) is 3.19. The van der Waals surface area contributed by atoms with E-state index in [-0.39, 0.29) is 22.5 Å². The highest BCUT2D eigenvalue weighted by Gasteiger charge is 2.35. The van der Waals surface area contributed by atoms with Crippen molar-refractivity contribution in [1.82, 2.24) is 9.62 Å². The van der Waals surface area contributed by atoms with Crippen molar-refractivity contribution in [1.29, 1.82) is 0 Å². The minimum absolute atomic E-state index is 0.0168. The summed E-state index contributed by atoms with van der Waals surface area (Å²) in [5.74, 6) is 0.626. The molecule has 2 saturated heterocycles. The van der Waals surface area contributed by atoms with Crippen LogP contribution in [0.3, 0.4) is 0 Å². The van der Waals surface area contributed by atoms with Gasteiger partial charge in [-0.05, 0) is 43.5 Å². The largest absolute Gasteiger partial charge is 0.497 e. The van der Waals surface area contributed by atoms with E-state index < -0.39 is 22.0 Å². The Morgan fingerprint density at radius 3 is 2.62 bits per heavy atom. The first kappa shape index (κ1) is 19.2. The van der Waals surface area contributed by atoms with Crippen molar-refractivity contribution in [3.05, 3.63) is 24.3 Å². The molecule has 2 aliphatic heterocycles. The summed E-state index contributed by atoms with van der Waals surface area (Å²) in [6, 6.07) is 5.77. The van der Waals surface area contributed by atoms with Gasteiger partial charge in [0, 0.05) is 18.8 Å². The monoisotopic (exact) mass is 398 g/mol. The normalized spacial score (nSPS) is 24.4. The van der Waals surface area contributed by atoms with Gasteiger partial charge in [-0.1, -0.05) is 11.8 Å². The number of ether oxygens (including phenoxy) is 1. The number of benzene rings is 1. The summed E-state index contributed by atoms with van der Waals surface area (Å²) in [4.78, 5) is 24.3. The van der Waals surface area contributed by atoms with Crippen LogP contribution in [0.5, 0.6) is 5.75 Å². The number of hydrogen-bond acceptors (Lipinski definition) is 6.